The summed E-state index contributed by atoms with van der Waals surface area (Å²) in [4.78, 5) is 34.5. The molecule has 3 aromatic rings. The Morgan fingerprint density at radius 2 is 1.70 bits per heavy atom. The Balaban J connectivity index is 1.81. The zero-order valence-corrected chi connectivity index (χ0v) is 21.6. The van der Waals surface area contributed by atoms with Crippen LogP contribution in [0.15, 0.2) is 78.6 Å². The second-order valence-electron chi connectivity index (χ2n) is 8.92. The lowest BCUT2D eigenvalue weighted by molar-refractivity contribution is -0.140. The van der Waals surface area contributed by atoms with Gasteiger partial charge in [-0.1, -0.05) is 31.2 Å². The van der Waals surface area contributed by atoms with Crippen LogP contribution in [0.3, 0.4) is 0 Å². The number of aliphatic hydroxyl groups is 1. The van der Waals surface area contributed by atoms with Gasteiger partial charge in [0.05, 0.1) is 18.2 Å². The maximum absolute atomic E-state index is 13.4. The molecule has 1 saturated heterocycles. The maximum atomic E-state index is 13.4. The van der Waals surface area contributed by atoms with Crippen LogP contribution >= 0.6 is 0 Å². The summed E-state index contributed by atoms with van der Waals surface area (Å²) in [5.41, 5.74) is 3.16. The van der Waals surface area contributed by atoms with Gasteiger partial charge in [-0.2, -0.15) is 0 Å². The number of carbonyl (C=O) groups excluding carboxylic acids is 2. The number of ether oxygens (including phenoxy) is 1. The van der Waals surface area contributed by atoms with Gasteiger partial charge in [-0.15, -0.1) is 0 Å². The average molecular weight is 500 g/mol. The van der Waals surface area contributed by atoms with Crippen LogP contribution in [0.4, 0.5) is 5.69 Å². The van der Waals surface area contributed by atoms with Gasteiger partial charge >= 0.3 is 0 Å². The SMILES string of the molecule is CCCOc1cccc(/C(O)=C2/C(=O)C(=O)N(Cc3ccncc3)C2c2ccc(N(CC)CC)cc2)c1. The van der Waals surface area contributed by atoms with Crippen molar-refractivity contribution < 1.29 is 19.4 Å². The van der Waals surface area contributed by atoms with E-state index in [1.54, 1.807) is 36.7 Å². The summed E-state index contributed by atoms with van der Waals surface area (Å²) in [5, 5.41) is 11.4. The lowest BCUT2D eigenvalue weighted by atomic mass is 9.95. The molecule has 0 radical (unpaired) electrons. The molecular formula is C30H33N3O4. The Labute approximate surface area is 218 Å². The summed E-state index contributed by atoms with van der Waals surface area (Å²) >= 11 is 0. The highest BCUT2D eigenvalue weighted by Gasteiger charge is 2.46. The highest BCUT2D eigenvalue weighted by molar-refractivity contribution is 6.46. The third-order valence-electron chi connectivity index (χ3n) is 6.56. The Morgan fingerprint density at radius 3 is 2.35 bits per heavy atom. The fourth-order valence-electron chi connectivity index (χ4n) is 4.64. The number of carbonyl (C=O) groups is 2. The molecule has 2 heterocycles. The molecule has 7 nitrogen and oxygen atoms in total. The zero-order valence-electron chi connectivity index (χ0n) is 21.6. The van der Waals surface area contributed by atoms with E-state index in [-0.39, 0.29) is 17.9 Å². The number of benzene rings is 2. The largest absolute Gasteiger partial charge is 0.507 e. The second-order valence-corrected chi connectivity index (χ2v) is 8.92. The number of hydrogen-bond acceptors (Lipinski definition) is 6. The smallest absolute Gasteiger partial charge is 0.295 e. The van der Waals surface area contributed by atoms with E-state index in [1.807, 2.05) is 43.3 Å². The predicted octanol–water partition coefficient (Wildman–Crippen LogP) is 5.34. The molecule has 0 saturated carbocycles. The van der Waals surface area contributed by atoms with E-state index in [9.17, 15) is 14.7 Å². The average Bonchev–Trinajstić information content (AvgIpc) is 3.18. The van der Waals surface area contributed by atoms with Crippen molar-refractivity contribution >= 4 is 23.1 Å². The van der Waals surface area contributed by atoms with Gasteiger partial charge in [-0.3, -0.25) is 14.6 Å². The number of aromatic nitrogens is 1. The Kier molecular flexibility index (Phi) is 8.23. The minimum atomic E-state index is -0.737. The van der Waals surface area contributed by atoms with Crippen molar-refractivity contribution in [2.75, 3.05) is 24.6 Å². The number of likely N-dealkylation sites (tertiary alicyclic amines) is 1. The number of aliphatic hydroxyl groups excluding tert-OH is 1. The van der Waals surface area contributed by atoms with Crippen molar-refractivity contribution in [3.63, 3.8) is 0 Å². The number of amides is 1. The van der Waals surface area contributed by atoms with Crippen molar-refractivity contribution in [1.29, 1.82) is 0 Å². The fourth-order valence-corrected chi connectivity index (χ4v) is 4.64. The molecule has 1 aromatic heterocycles. The number of nitrogens with zero attached hydrogens (tertiary/aromatic N) is 3. The number of pyridine rings is 1. The van der Waals surface area contributed by atoms with Gasteiger partial charge in [-0.25, -0.2) is 0 Å². The third kappa shape index (κ3) is 5.50. The van der Waals surface area contributed by atoms with E-state index < -0.39 is 17.7 Å². The summed E-state index contributed by atoms with van der Waals surface area (Å²) in [6.07, 6.45) is 4.16. The second kappa shape index (κ2) is 11.7. The molecule has 2 aromatic carbocycles. The first kappa shape index (κ1) is 25.9. The summed E-state index contributed by atoms with van der Waals surface area (Å²) in [7, 11) is 0. The minimum absolute atomic E-state index is 0.0716. The van der Waals surface area contributed by atoms with Gasteiger partial charge in [0, 0.05) is 43.3 Å². The van der Waals surface area contributed by atoms with Crippen LogP contribution in [0.2, 0.25) is 0 Å². The molecule has 1 fully saturated rings. The van der Waals surface area contributed by atoms with Crippen LogP contribution < -0.4 is 9.64 Å². The first-order valence-electron chi connectivity index (χ1n) is 12.7. The summed E-state index contributed by atoms with van der Waals surface area (Å²) in [6, 6.07) is 17.7. The fraction of sp³-hybridized carbons (Fsp3) is 0.300. The monoisotopic (exact) mass is 499 g/mol. The van der Waals surface area contributed by atoms with Crippen molar-refractivity contribution in [1.82, 2.24) is 9.88 Å². The van der Waals surface area contributed by atoms with Crippen LogP contribution in [-0.4, -0.2) is 46.4 Å². The van der Waals surface area contributed by atoms with Crippen molar-refractivity contribution in [3.8, 4) is 5.75 Å². The molecule has 0 bridgehead atoms. The molecule has 7 heteroatoms. The Hall–Kier alpha value is -4.13. The molecule has 0 spiro atoms. The highest BCUT2D eigenvalue weighted by atomic mass is 16.5. The molecule has 1 atom stereocenters. The van der Waals surface area contributed by atoms with Crippen molar-refractivity contribution in [3.05, 3.63) is 95.3 Å². The first-order chi connectivity index (χ1) is 18.0. The van der Waals surface area contributed by atoms with Crippen molar-refractivity contribution in [2.45, 2.75) is 39.8 Å². The van der Waals surface area contributed by atoms with Crippen LogP contribution in [0, 0.1) is 0 Å². The number of anilines is 1. The molecule has 1 aliphatic rings. The number of Topliss-reactive ketones (excluding diaryl/α,β-unsaturated/α-hetero) is 1. The van der Waals surface area contributed by atoms with Crippen LogP contribution in [0.25, 0.3) is 5.76 Å². The van der Waals surface area contributed by atoms with Crippen LogP contribution in [-0.2, 0) is 16.1 Å². The molecule has 192 valence electrons. The van der Waals surface area contributed by atoms with Gasteiger partial charge in [-0.05, 0) is 67.8 Å². The Morgan fingerprint density at radius 1 is 1.00 bits per heavy atom. The zero-order chi connectivity index (χ0) is 26.4. The summed E-state index contributed by atoms with van der Waals surface area (Å²) in [5.74, 6) is -0.966. The molecule has 1 unspecified atom stereocenters. The minimum Gasteiger partial charge on any atom is -0.507 e. The molecule has 1 N–H and O–H groups in total. The standard InChI is InChI=1S/C30H33N3O4/c1-4-18-37-25-9-7-8-23(19-25)28(34)26-27(22-10-12-24(13-11-22)32(5-2)6-3)33(30(36)29(26)35)20-21-14-16-31-17-15-21/h7-17,19,27,34H,4-6,18,20H2,1-3H3/b28-26-. The summed E-state index contributed by atoms with van der Waals surface area (Å²) in [6.45, 7) is 8.70. The van der Waals surface area contributed by atoms with Gasteiger partial charge in [0.1, 0.15) is 11.5 Å². The van der Waals surface area contributed by atoms with Crippen molar-refractivity contribution in [2.24, 2.45) is 0 Å². The molecular weight excluding hydrogens is 466 g/mol. The van der Waals surface area contributed by atoms with Gasteiger partial charge in [0.25, 0.3) is 11.7 Å². The number of ketones is 1. The molecule has 1 aliphatic heterocycles. The predicted molar refractivity (Wildman–Crippen MR) is 144 cm³/mol. The number of rotatable bonds is 10. The van der Waals surface area contributed by atoms with E-state index in [2.05, 4.69) is 23.7 Å². The normalized spacial score (nSPS) is 16.7. The van der Waals surface area contributed by atoms with E-state index in [1.165, 1.54) is 4.90 Å². The highest BCUT2D eigenvalue weighted by Crippen LogP contribution is 2.41. The van der Waals surface area contributed by atoms with Crippen LogP contribution in [0.5, 0.6) is 5.75 Å². The number of hydrogen-bond donors (Lipinski definition) is 1. The van der Waals surface area contributed by atoms with E-state index in [0.29, 0.717) is 17.9 Å². The summed E-state index contributed by atoms with van der Waals surface area (Å²) < 4.78 is 5.72. The van der Waals surface area contributed by atoms with Gasteiger partial charge in [0.2, 0.25) is 0 Å². The quantitative estimate of drug-likeness (QED) is 0.230. The molecule has 4 rings (SSSR count). The van der Waals surface area contributed by atoms with Gasteiger partial charge < -0.3 is 19.6 Å². The topological polar surface area (TPSA) is 83.0 Å². The van der Waals surface area contributed by atoms with E-state index >= 15 is 0 Å². The molecule has 0 aliphatic carbocycles. The van der Waals surface area contributed by atoms with Gasteiger partial charge in [0.15, 0.2) is 0 Å². The Bertz CT molecular complexity index is 1270. The van der Waals surface area contributed by atoms with E-state index in [0.717, 1.165) is 36.3 Å². The first-order valence-corrected chi connectivity index (χ1v) is 12.7. The van der Waals surface area contributed by atoms with E-state index in [4.69, 9.17) is 4.74 Å². The van der Waals surface area contributed by atoms with Crippen LogP contribution in [0.1, 0.15) is 49.9 Å². The third-order valence-corrected chi connectivity index (χ3v) is 6.56. The lowest BCUT2D eigenvalue weighted by Gasteiger charge is -2.27. The molecule has 1 amide bonds. The molecule has 37 heavy (non-hydrogen) atoms. The maximum Gasteiger partial charge on any atom is 0.295 e. The lowest BCUT2D eigenvalue weighted by Crippen LogP contribution is -2.29.